The highest BCUT2D eigenvalue weighted by molar-refractivity contribution is 7.91. The summed E-state index contributed by atoms with van der Waals surface area (Å²) in [7, 11) is -4.24. The van der Waals surface area contributed by atoms with E-state index in [-0.39, 0.29) is 10.6 Å². The van der Waals surface area contributed by atoms with Crippen LogP contribution >= 0.6 is 0 Å². The summed E-state index contributed by atoms with van der Waals surface area (Å²) in [5, 5.41) is 17.6. The van der Waals surface area contributed by atoms with E-state index in [0.717, 1.165) is 74.9 Å². The predicted molar refractivity (Wildman–Crippen MR) is 161 cm³/mol. The van der Waals surface area contributed by atoms with Crippen molar-refractivity contribution in [1.29, 1.82) is 0 Å². The fourth-order valence-corrected chi connectivity index (χ4v) is 7.67. The molecule has 0 amide bonds. The van der Waals surface area contributed by atoms with Gasteiger partial charge in [0.15, 0.2) is 0 Å². The number of aromatic hydroxyl groups is 1. The summed E-state index contributed by atoms with van der Waals surface area (Å²) in [6.07, 6.45) is 5.49. The Kier molecular flexibility index (Phi) is 9.13. The van der Waals surface area contributed by atoms with E-state index in [9.17, 15) is 17.9 Å². The van der Waals surface area contributed by atoms with Gasteiger partial charge in [0.05, 0.1) is 11.2 Å². The summed E-state index contributed by atoms with van der Waals surface area (Å²) in [5.74, 6) is -1.30. The zero-order valence-corrected chi connectivity index (χ0v) is 25.1. The van der Waals surface area contributed by atoms with Gasteiger partial charge in [-0.3, -0.25) is 4.98 Å². The van der Waals surface area contributed by atoms with Gasteiger partial charge < -0.3 is 25.5 Å². The van der Waals surface area contributed by atoms with Crippen molar-refractivity contribution in [3.05, 3.63) is 54.0 Å². The predicted octanol–water partition coefficient (Wildman–Crippen LogP) is 4.24. The monoisotopic (exact) mass is 583 g/mol. The number of phenols is 1. The van der Waals surface area contributed by atoms with Gasteiger partial charge in [-0.2, -0.15) is 0 Å². The van der Waals surface area contributed by atoms with Crippen molar-refractivity contribution in [2.75, 3.05) is 44.2 Å². The number of aromatic nitrogens is 1. The molecular weight excluding hydrogens is 541 g/mol. The average molecular weight is 584 g/mol. The molecule has 2 aromatic carbocycles. The molecule has 8 nitrogen and oxygen atoms in total. The number of pyridine rings is 1. The number of piperidine rings is 2. The molecule has 2 aliphatic rings. The second-order valence-electron chi connectivity index (χ2n) is 11.7. The Bertz CT molecular complexity index is 1470. The molecule has 41 heavy (non-hydrogen) atoms. The first kappa shape index (κ1) is 29.7. The fraction of sp³-hybridized carbons (Fsp3) is 0.516. The summed E-state index contributed by atoms with van der Waals surface area (Å²) < 4.78 is 42.4. The van der Waals surface area contributed by atoms with E-state index in [1.165, 1.54) is 12.3 Å². The summed E-state index contributed by atoms with van der Waals surface area (Å²) in [5.41, 5.74) is 2.29. The van der Waals surface area contributed by atoms with E-state index in [1.54, 1.807) is 0 Å². The summed E-state index contributed by atoms with van der Waals surface area (Å²) >= 11 is 0. The number of phenolic OH excluding ortho intramolecular Hbond substituents is 1. The molecule has 2 aliphatic heterocycles. The molecule has 0 bridgehead atoms. The third-order valence-electron chi connectivity index (χ3n) is 8.39. The van der Waals surface area contributed by atoms with Crippen molar-refractivity contribution in [2.24, 2.45) is 0 Å². The maximum atomic E-state index is 14.8. The minimum Gasteiger partial charge on any atom is -0.508 e. The summed E-state index contributed by atoms with van der Waals surface area (Å²) in [6.45, 7) is 11.8. The van der Waals surface area contributed by atoms with E-state index in [2.05, 4.69) is 39.3 Å². The molecule has 0 unspecified atom stereocenters. The second-order valence-corrected chi connectivity index (χ2v) is 13.6. The number of anilines is 1. The Morgan fingerprint density at radius 1 is 1.00 bits per heavy atom. The van der Waals surface area contributed by atoms with Crippen LogP contribution in [0, 0.1) is 12.7 Å². The van der Waals surface area contributed by atoms with Crippen LogP contribution in [0.25, 0.3) is 10.9 Å². The lowest BCUT2D eigenvalue weighted by Crippen LogP contribution is -2.51. The number of nitrogens with one attached hydrogen (secondary N) is 2. The topological polar surface area (TPSA) is 97.8 Å². The van der Waals surface area contributed by atoms with E-state index >= 15 is 0 Å². The van der Waals surface area contributed by atoms with Gasteiger partial charge in [0.25, 0.3) is 0 Å². The average Bonchev–Trinajstić information content (AvgIpc) is 2.95. The number of halogens is 1. The zero-order valence-electron chi connectivity index (χ0n) is 24.2. The van der Waals surface area contributed by atoms with Crippen LogP contribution in [0.15, 0.2) is 52.4 Å². The first-order valence-electron chi connectivity index (χ1n) is 14.7. The number of aryl methyl sites for hydroxylation is 1. The van der Waals surface area contributed by atoms with E-state index < -0.39 is 20.5 Å². The van der Waals surface area contributed by atoms with Crippen LogP contribution in [-0.2, 0) is 9.84 Å². The molecule has 0 saturated carbocycles. The van der Waals surface area contributed by atoms with Gasteiger partial charge >= 0.3 is 0 Å². The third kappa shape index (κ3) is 6.66. The Hall–Kier alpha value is -2.79. The van der Waals surface area contributed by atoms with Crippen LogP contribution in [0.4, 0.5) is 10.1 Å². The minimum absolute atomic E-state index is 0.00233. The molecule has 3 heterocycles. The van der Waals surface area contributed by atoms with Crippen LogP contribution in [-0.4, -0.2) is 80.8 Å². The first-order valence-corrected chi connectivity index (χ1v) is 16.2. The summed E-state index contributed by atoms with van der Waals surface area (Å²) in [6, 6.07) is 10.5. The van der Waals surface area contributed by atoms with Crippen molar-refractivity contribution < 1.29 is 17.9 Å². The highest BCUT2D eigenvalue weighted by Crippen LogP contribution is 2.39. The Balaban J connectivity index is 1.33. The number of likely N-dealkylation sites (tertiary alicyclic amines) is 1. The van der Waals surface area contributed by atoms with E-state index in [0.29, 0.717) is 42.4 Å². The number of benzene rings is 2. The van der Waals surface area contributed by atoms with Crippen LogP contribution in [0.1, 0.15) is 45.1 Å². The quantitative estimate of drug-likeness (QED) is 0.322. The van der Waals surface area contributed by atoms with Gasteiger partial charge in [-0.1, -0.05) is 25.5 Å². The summed E-state index contributed by atoms with van der Waals surface area (Å²) in [4.78, 5) is 8.73. The van der Waals surface area contributed by atoms with Crippen molar-refractivity contribution in [3.63, 3.8) is 0 Å². The smallest absolute Gasteiger partial charge is 0.213 e. The van der Waals surface area contributed by atoms with Crippen molar-refractivity contribution in [1.82, 2.24) is 20.5 Å². The SMILES string of the molecule is Cc1ccc2ncc(S(=O)(=O)c3ccc(O)cc3F)c(N3CCC(N4CCC(NCCNC(C)C)CC4)CC3)c2c1. The highest BCUT2D eigenvalue weighted by Gasteiger charge is 2.33. The Morgan fingerprint density at radius 3 is 2.41 bits per heavy atom. The molecule has 2 saturated heterocycles. The Morgan fingerprint density at radius 2 is 1.73 bits per heavy atom. The molecule has 0 radical (unpaired) electrons. The first-order chi connectivity index (χ1) is 19.6. The number of hydrogen-bond acceptors (Lipinski definition) is 8. The van der Waals surface area contributed by atoms with E-state index in [1.807, 2.05) is 25.1 Å². The lowest BCUT2D eigenvalue weighted by Gasteiger charge is -2.43. The molecule has 3 aromatic rings. The zero-order chi connectivity index (χ0) is 29.1. The van der Waals surface area contributed by atoms with Gasteiger partial charge in [0.2, 0.25) is 9.84 Å². The molecule has 1 aromatic heterocycles. The van der Waals surface area contributed by atoms with Crippen LogP contribution in [0.5, 0.6) is 5.75 Å². The van der Waals surface area contributed by atoms with Crippen molar-refractivity contribution in [2.45, 2.75) is 74.4 Å². The number of fused-ring (bicyclic) bond motifs is 1. The maximum Gasteiger partial charge on any atom is 0.213 e. The lowest BCUT2D eigenvalue weighted by atomic mass is 9.97. The maximum absolute atomic E-state index is 14.8. The number of rotatable bonds is 9. The Labute approximate surface area is 242 Å². The highest BCUT2D eigenvalue weighted by atomic mass is 32.2. The normalized spacial score (nSPS) is 18.0. The lowest BCUT2D eigenvalue weighted by molar-refractivity contribution is 0.125. The number of hydrogen-bond donors (Lipinski definition) is 3. The largest absolute Gasteiger partial charge is 0.508 e. The standard InChI is InChI=1S/C31H42FN5O3S/c1-21(2)33-12-13-34-23-8-14-36(15-9-23)24-10-16-37(17-11-24)31-26-18-22(3)4-6-28(26)35-20-30(31)41(39,40)29-7-5-25(38)19-27(29)32/h4-7,18-21,23-24,33-34,38H,8-17H2,1-3H3. The van der Waals surface area contributed by atoms with Crippen molar-refractivity contribution >= 4 is 26.4 Å². The molecular formula is C31H42FN5O3S. The van der Waals surface area contributed by atoms with Gasteiger partial charge in [-0.05, 0) is 70.0 Å². The van der Waals surface area contributed by atoms with Gasteiger partial charge in [-0.25, -0.2) is 12.8 Å². The molecule has 2 fully saturated rings. The molecule has 3 N–H and O–H groups in total. The molecule has 5 rings (SSSR count). The minimum atomic E-state index is -4.24. The second kappa shape index (κ2) is 12.6. The molecule has 0 atom stereocenters. The van der Waals surface area contributed by atoms with Crippen molar-refractivity contribution in [3.8, 4) is 5.75 Å². The molecule has 0 aliphatic carbocycles. The van der Waals surface area contributed by atoms with Gasteiger partial charge in [0, 0.05) is 62.0 Å². The van der Waals surface area contributed by atoms with Crippen LogP contribution in [0.3, 0.4) is 0 Å². The molecule has 0 spiro atoms. The number of sulfone groups is 1. The van der Waals surface area contributed by atoms with Crippen LogP contribution < -0.4 is 15.5 Å². The van der Waals surface area contributed by atoms with Gasteiger partial charge in [-0.15, -0.1) is 0 Å². The number of nitrogens with zero attached hydrogens (tertiary/aromatic N) is 3. The van der Waals surface area contributed by atoms with Crippen LogP contribution in [0.2, 0.25) is 0 Å². The van der Waals surface area contributed by atoms with E-state index in [4.69, 9.17) is 0 Å². The fourth-order valence-electron chi connectivity index (χ4n) is 6.18. The van der Waals surface area contributed by atoms with Gasteiger partial charge in [0.1, 0.15) is 21.4 Å². The molecule has 222 valence electrons. The third-order valence-corrected chi connectivity index (χ3v) is 10.2. The molecule has 10 heteroatoms.